The Hall–Kier alpha value is -1.13. The Morgan fingerprint density at radius 1 is 0.955 bits per heavy atom. The molecule has 0 bridgehead atoms. The molecule has 0 atom stereocenters. The van der Waals surface area contributed by atoms with Crippen LogP contribution in [0.1, 0.15) is 5.56 Å². The van der Waals surface area contributed by atoms with Gasteiger partial charge in [-0.25, -0.2) is 0 Å². The van der Waals surface area contributed by atoms with E-state index in [0.717, 1.165) is 17.0 Å². The number of hydrogen-bond acceptors (Lipinski definition) is 3. The van der Waals surface area contributed by atoms with Gasteiger partial charge in [0.25, 0.3) is 0 Å². The summed E-state index contributed by atoms with van der Waals surface area (Å²) in [5.74, 6) is 0.809. The second kappa shape index (κ2) is 8.49. The fourth-order valence-electron chi connectivity index (χ4n) is 1.87. The third-order valence-electron chi connectivity index (χ3n) is 3.00. The third kappa shape index (κ3) is 4.68. The summed E-state index contributed by atoms with van der Waals surface area (Å²) in [5.41, 5.74) is 1.74. The predicted octanol–water partition coefficient (Wildman–Crippen LogP) is 5.28. The largest absolute Gasteiger partial charge is 0.491 e. The summed E-state index contributed by atoms with van der Waals surface area (Å²) < 4.78 is 10.7. The molecule has 3 nitrogen and oxygen atoms in total. The highest BCUT2D eigenvalue weighted by Crippen LogP contribution is 2.32. The lowest BCUT2D eigenvalue weighted by atomic mass is 10.2. The van der Waals surface area contributed by atoms with E-state index in [-0.39, 0.29) is 0 Å². The van der Waals surface area contributed by atoms with E-state index in [0.29, 0.717) is 34.8 Å². The molecule has 22 heavy (non-hydrogen) atoms. The van der Waals surface area contributed by atoms with Gasteiger partial charge in [0.1, 0.15) is 12.4 Å². The Bertz CT molecular complexity index is 635. The van der Waals surface area contributed by atoms with Crippen LogP contribution in [0.25, 0.3) is 0 Å². The topological polar surface area (TPSA) is 30.5 Å². The van der Waals surface area contributed by atoms with Crippen LogP contribution in [-0.2, 0) is 11.3 Å². The van der Waals surface area contributed by atoms with Gasteiger partial charge < -0.3 is 14.8 Å². The first kappa shape index (κ1) is 17.2. The van der Waals surface area contributed by atoms with Crippen LogP contribution in [0, 0.1) is 0 Å². The smallest absolute Gasteiger partial charge is 0.124 e. The van der Waals surface area contributed by atoms with Crippen molar-refractivity contribution in [2.75, 3.05) is 25.6 Å². The Balaban J connectivity index is 2.07. The van der Waals surface area contributed by atoms with Gasteiger partial charge in [-0.2, -0.15) is 0 Å². The van der Waals surface area contributed by atoms with Crippen molar-refractivity contribution in [1.82, 2.24) is 0 Å². The summed E-state index contributed by atoms with van der Waals surface area (Å²) in [6, 6.07) is 11.1. The fraction of sp³-hybridized carbons (Fsp3) is 0.250. The maximum Gasteiger partial charge on any atom is 0.124 e. The molecule has 0 aliphatic carbocycles. The van der Waals surface area contributed by atoms with Gasteiger partial charge in [0.15, 0.2) is 0 Å². The average molecular weight is 361 g/mol. The minimum atomic E-state index is 0.431. The Morgan fingerprint density at radius 3 is 2.45 bits per heavy atom. The van der Waals surface area contributed by atoms with Crippen molar-refractivity contribution in [3.63, 3.8) is 0 Å². The van der Waals surface area contributed by atoms with E-state index in [1.165, 1.54) is 0 Å². The van der Waals surface area contributed by atoms with Crippen molar-refractivity contribution >= 4 is 40.5 Å². The summed E-state index contributed by atoms with van der Waals surface area (Å²) >= 11 is 18.1. The Morgan fingerprint density at radius 2 is 1.68 bits per heavy atom. The van der Waals surface area contributed by atoms with E-state index < -0.39 is 0 Å². The molecule has 0 unspecified atom stereocenters. The maximum atomic E-state index is 6.16. The number of methoxy groups -OCH3 is 1. The summed E-state index contributed by atoms with van der Waals surface area (Å²) in [7, 11) is 1.64. The molecule has 2 aromatic rings. The third-order valence-corrected chi connectivity index (χ3v) is 4.03. The lowest BCUT2D eigenvalue weighted by Gasteiger charge is -2.14. The van der Waals surface area contributed by atoms with Crippen LogP contribution in [-0.4, -0.2) is 20.3 Å². The fourth-order valence-corrected chi connectivity index (χ4v) is 2.49. The van der Waals surface area contributed by atoms with Gasteiger partial charge in [0.2, 0.25) is 0 Å². The molecule has 0 saturated carbocycles. The van der Waals surface area contributed by atoms with Crippen LogP contribution < -0.4 is 10.1 Å². The van der Waals surface area contributed by atoms with Crippen LogP contribution in [0.4, 0.5) is 5.69 Å². The molecular formula is C16H16Cl3NO2. The zero-order chi connectivity index (χ0) is 15.9. The van der Waals surface area contributed by atoms with Gasteiger partial charge >= 0.3 is 0 Å². The molecule has 118 valence electrons. The number of anilines is 1. The number of hydrogen-bond donors (Lipinski definition) is 1. The van der Waals surface area contributed by atoms with E-state index in [1.54, 1.807) is 19.2 Å². The van der Waals surface area contributed by atoms with Crippen LogP contribution in [0.5, 0.6) is 5.75 Å². The van der Waals surface area contributed by atoms with Crippen molar-refractivity contribution in [1.29, 1.82) is 0 Å². The highest BCUT2D eigenvalue weighted by molar-refractivity contribution is 6.44. The van der Waals surface area contributed by atoms with Gasteiger partial charge in [-0.3, -0.25) is 0 Å². The zero-order valence-electron chi connectivity index (χ0n) is 12.0. The molecule has 0 fully saturated rings. The van der Waals surface area contributed by atoms with Crippen LogP contribution >= 0.6 is 34.8 Å². The lowest BCUT2D eigenvalue weighted by Crippen LogP contribution is -2.08. The highest BCUT2D eigenvalue weighted by Gasteiger charge is 2.08. The van der Waals surface area contributed by atoms with Crippen LogP contribution in [0.2, 0.25) is 15.1 Å². The number of nitrogens with one attached hydrogen (secondary N) is 1. The molecule has 0 aliphatic rings. The van der Waals surface area contributed by atoms with Crippen LogP contribution in [0.3, 0.4) is 0 Å². The number of halogens is 3. The second-order valence-corrected chi connectivity index (χ2v) is 5.77. The van der Waals surface area contributed by atoms with E-state index >= 15 is 0 Å². The molecule has 2 rings (SSSR count). The molecule has 0 radical (unpaired) electrons. The molecule has 1 N–H and O–H groups in total. The standard InChI is InChI=1S/C16H16Cl3NO2/c1-21-6-7-22-16-5-3-2-4-11(16)10-20-15-9-13(18)12(17)8-14(15)19/h2-5,8-9,20H,6-7,10H2,1H3. The minimum Gasteiger partial charge on any atom is -0.491 e. The molecule has 0 aliphatic heterocycles. The number of benzene rings is 2. The molecular weight excluding hydrogens is 345 g/mol. The van der Waals surface area contributed by atoms with E-state index in [2.05, 4.69) is 5.32 Å². The van der Waals surface area contributed by atoms with Gasteiger partial charge in [0, 0.05) is 19.2 Å². The van der Waals surface area contributed by atoms with Gasteiger partial charge in [0.05, 0.1) is 27.4 Å². The molecule has 6 heteroatoms. The number of ether oxygens (including phenoxy) is 2. The monoisotopic (exact) mass is 359 g/mol. The van der Waals surface area contributed by atoms with Crippen molar-refractivity contribution < 1.29 is 9.47 Å². The van der Waals surface area contributed by atoms with Crippen molar-refractivity contribution in [3.8, 4) is 5.75 Å². The van der Waals surface area contributed by atoms with Crippen molar-refractivity contribution in [2.45, 2.75) is 6.54 Å². The minimum absolute atomic E-state index is 0.431. The normalized spacial score (nSPS) is 10.5. The van der Waals surface area contributed by atoms with Gasteiger partial charge in [-0.15, -0.1) is 0 Å². The van der Waals surface area contributed by atoms with Crippen molar-refractivity contribution in [2.24, 2.45) is 0 Å². The second-order valence-electron chi connectivity index (χ2n) is 4.55. The molecule has 2 aromatic carbocycles. The quantitative estimate of drug-likeness (QED) is 0.538. The van der Waals surface area contributed by atoms with E-state index in [1.807, 2.05) is 24.3 Å². The molecule has 0 amide bonds. The predicted molar refractivity (Wildman–Crippen MR) is 92.6 cm³/mol. The van der Waals surface area contributed by atoms with Crippen LogP contribution in [0.15, 0.2) is 36.4 Å². The van der Waals surface area contributed by atoms with Crippen molar-refractivity contribution in [3.05, 3.63) is 57.0 Å². The molecule has 0 aromatic heterocycles. The Labute approximate surface area is 145 Å². The summed E-state index contributed by atoms with van der Waals surface area (Å²) in [4.78, 5) is 0. The molecule has 0 heterocycles. The van der Waals surface area contributed by atoms with E-state index in [4.69, 9.17) is 44.3 Å². The highest BCUT2D eigenvalue weighted by atomic mass is 35.5. The summed E-state index contributed by atoms with van der Waals surface area (Å²) in [6.07, 6.45) is 0. The first-order valence-corrected chi connectivity index (χ1v) is 7.83. The summed E-state index contributed by atoms with van der Waals surface area (Å²) in [6.45, 7) is 1.60. The average Bonchev–Trinajstić information content (AvgIpc) is 2.51. The SMILES string of the molecule is COCCOc1ccccc1CNc1cc(Cl)c(Cl)cc1Cl. The molecule has 0 spiro atoms. The summed E-state index contributed by atoms with van der Waals surface area (Å²) in [5, 5.41) is 4.65. The maximum absolute atomic E-state index is 6.16. The first-order chi connectivity index (χ1) is 10.6. The molecule has 0 saturated heterocycles. The number of rotatable bonds is 7. The zero-order valence-corrected chi connectivity index (χ0v) is 14.3. The number of para-hydroxylation sites is 1. The van der Waals surface area contributed by atoms with E-state index in [9.17, 15) is 0 Å². The lowest BCUT2D eigenvalue weighted by molar-refractivity contribution is 0.146. The van der Waals surface area contributed by atoms with Gasteiger partial charge in [-0.05, 0) is 18.2 Å². The first-order valence-electron chi connectivity index (χ1n) is 6.70. The van der Waals surface area contributed by atoms with Gasteiger partial charge in [-0.1, -0.05) is 53.0 Å². The Kier molecular flexibility index (Phi) is 6.65.